The largest absolute Gasteiger partial charge is 0.378 e. The standard InChI is InChI=1S/C21H21N3OS/c1-16(17-7-9-19(10-8-17)24-11-13-25-14-12-24)22-21-23-20(15-26-21)18-5-3-2-4-6-18/h2-10,15H,11-14H2,1H3/b22-16-. The van der Waals surface area contributed by atoms with Crippen LogP contribution in [0.5, 0.6) is 0 Å². The molecular formula is C21H21N3OS. The summed E-state index contributed by atoms with van der Waals surface area (Å²) in [6.45, 7) is 5.54. The number of benzene rings is 2. The van der Waals surface area contributed by atoms with Crippen LogP contribution in [0.15, 0.2) is 65.0 Å². The van der Waals surface area contributed by atoms with Crippen LogP contribution in [0.25, 0.3) is 11.3 Å². The lowest BCUT2D eigenvalue weighted by Crippen LogP contribution is -2.36. The van der Waals surface area contributed by atoms with Gasteiger partial charge in [-0.05, 0) is 24.6 Å². The first-order valence-electron chi connectivity index (χ1n) is 8.79. The van der Waals surface area contributed by atoms with Crippen LogP contribution in [0.4, 0.5) is 10.8 Å². The third-order valence-electron chi connectivity index (χ3n) is 4.49. The fourth-order valence-corrected chi connectivity index (χ4v) is 3.75. The predicted molar refractivity (Wildman–Crippen MR) is 109 cm³/mol. The van der Waals surface area contributed by atoms with Crippen molar-refractivity contribution < 1.29 is 4.74 Å². The average molecular weight is 363 g/mol. The molecule has 1 fully saturated rings. The van der Waals surface area contributed by atoms with Gasteiger partial charge in [0.05, 0.1) is 18.9 Å². The maximum Gasteiger partial charge on any atom is 0.209 e. The van der Waals surface area contributed by atoms with Crippen molar-refractivity contribution >= 4 is 27.9 Å². The highest BCUT2D eigenvalue weighted by Crippen LogP contribution is 2.27. The summed E-state index contributed by atoms with van der Waals surface area (Å²) in [5, 5.41) is 2.85. The number of rotatable bonds is 4. The number of anilines is 1. The first kappa shape index (κ1) is 16.9. The van der Waals surface area contributed by atoms with E-state index in [0.717, 1.165) is 54.0 Å². The molecule has 1 aliphatic heterocycles. The Morgan fingerprint density at radius 1 is 1.04 bits per heavy atom. The Kier molecular flexibility index (Phi) is 5.09. The molecule has 2 aromatic carbocycles. The summed E-state index contributed by atoms with van der Waals surface area (Å²) in [5.74, 6) is 0. The van der Waals surface area contributed by atoms with Gasteiger partial charge in [0.15, 0.2) is 0 Å². The molecule has 132 valence electrons. The predicted octanol–water partition coefficient (Wildman–Crippen LogP) is 4.79. The fourth-order valence-electron chi connectivity index (χ4n) is 3.00. The number of hydrogen-bond acceptors (Lipinski definition) is 5. The molecule has 1 saturated heterocycles. The zero-order valence-electron chi connectivity index (χ0n) is 14.8. The van der Waals surface area contributed by atoms with E-state index < -0.39 is 0 Å². The number of thiazole rings is 1. The smallest absolute Gasteiger partial charge is 0.209 e. The van der Waals surface area contributed by atoms with Crippen molar-refractivity contribution in [2.75, 3.05) is 31.2 Å². The summed E-state index contributed by atoms with van der Waals surface area (Å²) in [5.41, 5.74) is 5.44. The molecule has 0 N–H and O–H groups in total. The summed E-state index contributed by atoms with van der Waals surface area (Å²) in [4.78, 5) is 11.7. The van der Waals surface area contributed by atoms with E-state index >= 15 is 0 Å². The highest BCUT2D eigenvalue weighted by atomic mass is 32.1. The maximum absolute atomic E-state index is 5.42. The minimum Gasteiger partial charge on any atom is -0.378 e. The van der Waals surface area contributed by atoms with E-state index in [1.165, 1.54) is 5.69 Å². The lowest BCUT2D eigenvalue weighted by Gasteiger charge is -2.28. The number of aliphatic imine (C=N–C) groups is 1. The van der Waals surface area contributed by atoms with E-state index in [1.54, 1.807) is 11.3 Å². The number of morpholine rings is 1. The van der Waals surface area contributed by atoms with Crippen molar-refractivity contribution in [3.05, 3.63) is 65.5 Å². The van der Waals surface area contributed by atoms with Gasteiger partial charge in [0.1, 0.15) is 0 Å². The Morgan fingerprint density at radius 2 is 1.77 bits per heavy atom. The van der Waals surface area contributed by atoms with Crippen molar-refractivity contribution in [1.29, 1.82) is 0 Å². The van der Waals surface area contributed by atoms with Crippen LogP contribution in [0.3, 0.4) is 0 Å². The van der Waals surface area contributed by atoms with Gasteiger partial charge in [-0.15, -0.1) is 11.3 Å². The van der Waals surface area contributed by atoms with E-state index in [4.69, 9.17) is 9.73 Å². The molecular weight excluding hydrogens is 342 g/mol. The fraction of sp³-hybridized carbons (Fsp3) is 0.238. The van der Waals surface area contributed by atoms with Gasteiger partial charge < -0.3 is 9.64 Å². The number of ether oxygens (including phenoxy) is 1. The molecule has 4 nitrogen and oxygen atoms in total. The summed E-state index contributed by atoms with van der Waals surface area (Å²) >= 11 is 1.57. The van der Waals surface area contributed by atoms with E-state index in [0.29, 0.717) is 0 Å². The normalized spacial score (nSPS) is 15.3. The van der Waals surface area contributed by atoms with Crippen LogP contribution in [-0.4, -0.2) is 37.0 Å². The Bertz CT molecular complexity index is 881. The highest BCUT2D eigenvalue weighted by Gasteiger charge is 2.11. The van der Waals surface area contributed by atoms with E-state index in [2.05, 4.69) is 51.7 Å². The second-order valence-corrected chi connectivity index (χ2v) is 7.06. The highest BCUT2D eigenvalue weighted by molar-refractivity contribution is 7.13. The van der Waals surface area contributed by atoms with Crippen LogP contribution in [0.1, 0.15) is 12.5 Å². The van der Waals surface area contributed by atoms with Gasteiger partial charge in [-0.2, -0.15) is 0 Å². The van der Waals surface area contributed by atoms with Gasteiger partial charge in [0, 0.05) is 35.4 Å². The quantitative estimate of drug-likeness (QED) is 0.626. The molecule has 3 aromatic rings. The van der Waals surface area contributed by atoms with Crippen molar-refractivity contribution in [3.8, 4) is 11.3 Å². The molecule has 0 aliphatic carbocycles. The zero-order valence-corrected chi connectivity index (χ0v) is 15.6. The third kappa shape index (κ3) is 3.84. The Labute approximate surface area is 157 Å². The molecule has 26 heavy (non-hydrogen) atoms. The first-order chi connectivity index (χ1) is 12.8. The van der Waals surface area contributed by atoms with Gasteiger partial charge >= 0.3 is 0 Å². The zero-order chi connectivity index (χ0) is 17.8. The van der Waals surface area contributed by atoms with Crippen molar-refractivity contribution in [2.24, 2.45) is 4.99 Å². The molecule has 5 heteroatoms. The second kappa shape index (κ2) is 7.81. The summed E-state index contributed by atoms with van der Waals surface area (Å²) < 4.78 is 5.42. The average Bonchev–Trinajstić information content (AvgIpc) is 3.18. The van der Waals surface area contributed by atoms with Gasteiger partial charge in [-0.25, -0.2) is 9.98 Å². The summed E-state index contributed by atoms with van der Waals surface area (Å²) in [6, 6.07) is 18.8. The van der Waals surface area contributed by atoms with Gasteiger partial charge in [0.2, 0.25) is 5.13 Å². The van der Waals surface area contributed by atoms with Crippen LogP contribution >= 0.6 is 11.3 Å². The van der Waals surface area contributed by atoms with Crippen molar-refractivity contribution in [3.63, 3.8) is 0 Å². The lowest BCUT2D eigenvalue weighted by molar-refractivity contribution is 0.122. The van der Waals surface area contributed by atoms with E-state index in [-0.39, 0.29) is 0 Å². The molecule has 0 amide bonds. The van der Waals surface area contributed by atoms with Crippen LogP contribution in [-0.2, 0) is 4.74 Å². The third-order valence-corrected chi connectivity index (χ3v) is 5.22. The molecule has 0 atom stereocenters. The Balaban J connectivity index is 1.50. The van der Waals surface area contributed by atoms with Crippen LogP contribution in [0, 0.1) is 0 Å². The Hall–Kier alpha value is -2.50. The van der Waals surface area contributed by atoms with Gasteiger partial charge in [-0.1, -0.05) is 42.5 Å². The molecule has 0 radical (unpaired) electrons. The van der Waals surface area contributed by atoms with E-state index in [9.17, 15) is 0 Å². The van der Waals surface area contributed by atoms with Crippen molar-refractivity contribution in [1.82, 2.24) is 4.98 Å². The minimum absolute atomic E-state index is 0.790. The van der Waals surface area contributed by atoms with Crippen LogP contribution in [0.2, 0.25) is 0 Å². The Morgan fingerprint density at radius 3 is 2.50 bits per heavy atom. The molecule has 0 spiro atoms. The van der Waals surface area contributed by atoms with Crippen LogP contribution < -0.4 is 4.90 Å². The number of nitrogens with zero attached hydrogens (tertiary/aromatic N) is 3. The molecule has 1 aromatic heterocycles. The topological polar surface area (TPSA) is 37.7 Å². The molecule has 1 aliphatic rings. The first-order valence-corrected chi connectivity index (χ1v) is 9.67. The monoisotopic (exact) mass is 363 g/mol. The molecule has 0 unspecified atom stereocenters. The van der Waals surface area contributed by atoms with Crippen molar-refractivity contribution in [2.45, 2.75) is 6.92 Å². The minimum atomic E-state index is 0.790. The molecule has 2 heterocycles. The van der Waals surface area contributed by atoms with E-state index in [1.807, 2.05) is 25.1 Å². The SMILES string of the molecule is C/C(=N/c1nc(-c2ccccc2)cs1)c1ccc(N2CCOCC2)cc1. The number of hydrogen-bond donors (Lipinski definition) is 0. The number of aromatic nitrogens is 1. The maximum atomic E-state index is 5.42. The second-order valence-electron chi connectivity index (χ2n) is 6.22. The summed E-state index contributed by atoms with van der Waals surface area (Å²) in [7, 11) is 0. The molecule has 0 saturated carbocycles. The molecule has 4 rings (SSSR count). The van der Waals surface area contributed by atoms with Gasteiger partial charge in [0.25, 0.3) is 0 Å². The van der Waals surface area contributed by atoms with Gasteiger partial charge in [-0.3, -0.25) is 0 Å². The lowest BCUT2D eigenvalue weighted by atomic mass is 10.1. The molecule has 0 bridgehead atoms. The summed E-state index contributed by atoms with van der Waals surface area (Å²) in [6.07, 6.45) is 0.